The number of halogens is 2. The smallest absolute Gasteiger partial charge is 0.143 e. The maximum Gasteiger partial charge on any atom is 0.143 e. The van der Waals surface area contributed by atoms with E-state index in [1.807, 2.05) is 6.07 Å². The van der Waals surface area contributed by atoms with Crippen molar-refractivity contribution in [3.63, 3.8) is 0 Å². The molecule has 0 bridgehead atoms. The molecule has 0 radical (unpaired) electrons. The summed E-state index contributed by atoms with van der Waals surface area (Å²) in [4.78, 5) is 2.33. The van der Waals surface area contributed by atoms with Crippen molar-refractivity contribution in [3.8, 4) is 11.5 Å². The first-order chi connectivity index (χ1) is 8.26. The second-order valence-corrected chi connectivity index (χ2v) is 5.06. The molecule has 1 fully saturated rings. The van der Waals surface area contributed by atoms with E-state index in [1.165, 1.54) is 0 Å². The maximum atomic E-state index is 5.46. The quantitative estimate of drug-likeness (QED) is 0.810. The minimum absolute atomic E-state index is 0. The van der Waals surface area contributed by atoms with Crippen LogP contribution >= 0.6 is 35.0 Å². The number of rotatable bonds is 3. The number of hydrogen-bond acceptors (Lipinski definition) is 4. The van der Waals surface area contributed by atoms with Crippen molar-refractivity contribution < 1.29 is 9.47 Å². The Bertz CT molecular complexity index is 398. The van der Waals surface area contributed by atoms with Gasteiger partial charge in [0.25, 0.3) is 0 Å². The van der Waals surface area contributed by atoms with E-state index in [9.17, 15) is 0 Å². The highest BCUT2D eigenvalue weighted by molar-refractivity contribution is 14.1. The third-order valence-electron chi connectivity index (χ3n) is 2.91. The number of nitrogens with one attached hydrogen (secondary N) is 1. The van der Waals surface area contributed by atoms with Crippen molar-refractivity contribution in [2.24, 2.45) is 0 Å². The van der Waals surface area contributed by atoms with Gasteiger partial charge in [-0.05, 0) is 28.7 Å². The maximum absolute atomic E-state index is 5.46. The van der Waals surface area contributed by atoms with Crippen LogP contribution in [0, 0.1) is 3.57 Å². The number of hydrogen-bond donors (Lipinski definition) is 1. The normalized spacial score (nSPS) is 14.9. The molecule has 0 aliphatic carbocycles. The van der Waals surface area contributed by atoms with Crippen LogP contribution in [0.5, 0.6) is 11.5 Å². The van der Waals surface area contributed by atoms with Crippen LogP contribution in [0.3, 0.4) is 0 Å². The van der Waals surface area contributed by atoms with E-state index in [4.69, 9.17) is 9.47 Å². The molecule has 0 aromatic heterocycles. The molecule has 1 aliphatic heterocycles. The fourth-order valence-corrected chi connectivity index (χ4v) is 2.66. The summed E-state index contributed by atoms with van der Waals surface area (Å²) in [6, 6.07) is 4.09. The van der Waals surface area contributed by atoms with Gasteiger partial charge in [0.2, 0.25) is 0 Å². The molecule has 6 heteroatoms. The molecule has 4 nitrogen and oxygen atoms in total. The SMILES string of the molecule is COc1cc(N2CCNCC2)c(OC)cc1I.Cl. The standard InChI is InChI=1S/C12H17IN2O2.ClH/c1-16-11-8-10(12(17-2)7-9(11)13)15-5-3-14-4-6-15;/h7-8,14H,3-6H2,1-2H3;1H. The van der Waals surface area contributed by atoms with Gasteiger partial charge in [0.1, 0.15) is 11.5 Å². The fourth-order valence-electron chi connectivity index (χ4n) is 2.00. The molecule has 1 aliphatic rings. The average Bonchev–Trinajstić information content (AvgIpc) is 2.39. The van der Waals surface area contributed by atoms with Crippen molar-refractivity contribution in [1.82, 2.24) is 5.32 Å². The summed E-state index contributed by atoms with van der Waals surface area (Å²) in [5, 5.41) is 3.35. The van der Waals surface area contributed by atoms with Gasteiger partial charge in [-0.15, -0.1) is 12.4 Å². The molecular weight excluding hydrogens is 367 g/mol. The monoisotopic (exact) mass is 384 g/mol. The zero-order chi connectivity index (χ0) is 12.3. The molecule has 0 spiro atoms. The molecule has 0 unspecified atom stereocenters. The van der Waals surface area contributed by atoms with E-state index in [1.54, 1.807) is 14.2 Å². The first-order valence-corrected chi connectivity index (χ1v) is 6.71. The van der Waals surface area contributed by atoms with Crippen molar-refractivity contribution in [2.45, 2.75) is 0 Å². The van der Waals surface area contributed by atoms with Crippen molar-refractivity contribution in [1.29, 1.82) is 0 Å². The number of anilines is 1. The Morgan fingerprint density at radius 2 is 1.72 bits per heavy atom. The summed E-state index contributed by atoms with van der Waals surface area (Å²) in [6.45, 7) is 4.02. The van der Waals surface area contributed by atoms with Crippen LogP contribution in [0.2, 0.25) is 0 Å². The van der Waals surface area contributed by atoms with Crippen molar-refractivity contribution >= 4 is 40.7 Å². The molecule has 0 saturated carbocycles. The van der Waals surface area contributed by atoms with Gasteiger partial charge in [-0.25, -0.2) is 0 Å². The van der Waals surface area contributed by atoms with Crippen LogP contribution in [0.1, 0.15) is 0 Å². The van der Waals surface area contributed by atoms with Gasteiger partial charge in [-0.1, -0.05) is 0 Å². The summed E-state index contributed by atoms with van der Waals surface area (Å²) in [5.74, 6) is 1.82. The summed E-state index contributed by atoms with van der Waals surface area (Å²) >= 11 is 2.26. The molecule has 1 saturated heterocycles. The number of nitrogens with zero attached hydrogens (tertiary/aromatic N) is 1. The van der Waals surface area contributed by atoms with Gasteiger partial charge in [0, 0.05) is 32.2 Å². The molecule has 1 N–H and O–H groups in total. The van der Waals surface area contributed by atoms with Gasteiger partial charge < -0.3 is 19.7 Å². The van der Waals surface area contributed by atoms with Gasteiger partial charge in [-0.3, -0.25) is 0 Å². The third-order valence-corrected chi connectivity index (χ3v) is 3.75. The lowest BCUT2D eigenvalue weighted by Gasteiger charge is -2.31. The number of ether oxygens (including phenoxy) is 2. The Morgan fingerprint density at radius 3 is 2.28 bits per heavy atom. The molecule has 1 aromatic rings. The van der Waals surface area contributed by atoms with Crippen LogP contribution in [0.15, 0.2) is 12.1 Å². The molecule has 0 amide bonds. The van der Waals surface area contributed by atoms with Gasteiger partial charge >= 0.3 is 0 Å². The number of methoxy groups -OCH3 is 2. The molecule has 2 rings (SSSR count). The Kier molecular flexibility index (Phi) is 6.31. The molecular formula is C12H18ClIN2O2. The highest BCUT2D eigenvalue weighted by Crippen LogP contribution is 2.36. The minimum Gasteiger partial charge on any atom is -0.496 e. The Balaban J connectivity index is 0.00000162. The van der Waals surface area contributed by atoms with E-state index in [2.05, 4.69) is 38.9 Å². The summed E-state index contributed by atoms with van der Waals surface area (Å²) in [6.07, 6.45) is 0. The number of benzene rings is 1. The van der Waals surface area contributed by atoms with Crippen molar-refractivity contribution in [2.75, 3.05) is 45.3 Å². The van der Waals surface area contributed by atoms with E-state index in [0.29, 0.717) is 0 Å². The predicted octanol–water partition coefficient (Wildman–Crippen LogP) is 2.14. The van der Waals surface area contributed by atoms with Crippen LogP contribution < -0.4 is 19.7 Å². The highest BCUT2D eigenvalue weighted by Gasteiger charge is 2.17. The molecule has 18 heavy (non-hydrogen) atoms. The lowest BCUT2D eigenvalue weighted by molar-refractivity contribution is 0.399. The van der Waals surface area contributed by atoms with Crippen LogP contribution in [0.4, 0.5) is 5.69 Å². The zero-order valence-corrected chi connectivity index (χ0v) is 13.5. The lowest BCUT2D eigenvalue weighted by Crippen LogP contribution is -2.43. The molecule has 1 heterocycles. The van der Waals surface area contributed by atoms with Gasteiger partial charge in [0.15, 0.2) is 0 Å². The van der Waals surface area contributed by atoms with E-state index < -0.39 is 0 Å². The second-order valence-electron chi connectivity index (χ2n) is 3.90. The fraction of sp³-hybridized carbons (Fsp3) is 0.500. The minimum atomic E-state index is 0. The molecule has 102 valence electrons. The first kappa shape index (κ1) is 15.7. The highest BCUT2D eigenvalue weighted by atomic mass is 127. The van der Waals surface area contributed by atoms with Crippen LogP contribution in [0.25, 0.3) is 0 Å². The Hall–Kier alpha value is -0.400. The van der Waals surface area contributed by atoms with Crippen molar-refractivity contribution in [3.05, 3.63) is 15.7 Å². The van der Waals surface area contributed by atoms with Gasteiger partial charge in [-0.2, -0.15) is 0 Å². The predicted molar refractivity (Wildman–Crippen MR) is 84.6 cm³/mol. The lowest BCUT2D eigenvalue weighted by atomic mass is 10.2. The topological polar surface area (TPSA) is 33.7 Å². The molecule has 1 aromatic carbocycles. The summed E-state index contributed by atoms with van der Waals surface area (Å²) in [7, 11) is 3.41. The van der Waals surface area contributed by atoms with E-state index >= 15 is 0 Å². The van der Waals surface area contributed by atoms with E-state index in [-0.39, 0.29) is 12.4 Å². The van der Waals surface area contributed by atoms with E-state index in [0.717, 1.165) is 46.9 Å². The Labute approximate surface area is 128 Å². The second kappa shape index (κ2) is 7.25. The number of piperazine rings is 1. The third kappa shape index (κ3) is 3.33. The largest absolute Gasteiger partial charge is 0.496 e. The first-order valence-electron chi connectivity index (χ1n) is 5.63. The molecule has 0 atom stereocenters. The zero-order valence-electron chi connectivity index (χ0n) is 10.5. The Morgan fingerprint density at radius 1 is 1.11 bits per heavy atom. The average molecular weight is 385 g/mol. The summed E-state index contributed by atoms with van der Waals surface area (Å²) in [5.41, 5.74) is 1.12. The van der Waals surface area contributed by atoms with Gasteiger partial charge in [0.05, 0.1) is 23.5 Å². The summed E-state index contributed by atoms with van der Waals surface area (Å²) < 4.78 is 11.9. The van der Waals surface area contributed by atoms with Crippen LogP contribution in [-0.4, -0.2) is 40.4 Å². The van der Waals surface area contributed by atoms with Crippen LogP contribution in [-0.2, 0) is 0 Å².